The second-order valence-corrected chi connectivity index (χ2v) is 6.75. The molecule has 1 aromatic carbocycles. The number of carboxylic acid groups (broad SMARTS) is 1. The van der Waals surface area contributed by atoms with Gasteiger partial charge in [0.25, 0.3) is 0 Å². The van der Waals surface area contributed by atoms with Crippen molar-refractivity contribution >= 4 is 46.7 Å². The minimum atomic E-state index is -1.12. The zero-order valence-corrected chi connectivity index (χ0v) is 14.7. The number of ether oxygens (including phenoxy) is 1. The molecule has 0 bridgehead atoms. The summed E-state index contributed by atoms with van der Waals surface area (Å²) in [7, 11) is 0. The summed E-state index contributed by atoms with van der Waals surface area (Å²) in [6, 6.07) is 4.81. The molecule has 0 saturated carbocycles. The topological polar surface area (TPSA) is 87.2 Å². The summed E-state index contributed by atoms with van der Waals surface area (Å²) in [4.78, 5) is 39.3. The third kappa shape index (κ3) is 3.58. The number of carbonyl (C=O) groups excluding carboxylic acids is 2. The van der Waals surface area contributed by atoms with Crippen LogP contribution in [0.5, 0.6) is 0 Å². The van der Waals surface area contributed by atoms with E-state index >= 15 is 0 Å². The Morgan fingerprint density at radius 1 is 1.24 bits per heavy atom. The quantitative estimate of drug-likeness (QED) is 0.798. The van der Waals surface area contributed by atoms with Crippen LogP contribution < -0.4 is 4.90 Å². The highest BCUT2D eigenvalue weighted by Crippen LogP contribution is 2.34. The lowest BCUT2D eigenvalue weighted by Gasteiger charge is -2.32. The van der Waals surface area contributed by atoms with Crippen LogP contribution in [0, 0.1) is 5.92 Å². The van der Waals surface area contributed by atoms with Crippen molar-refractivity contribution in [3.63, 3.8) is 0 Å². The lowest BCUT2D eigenvalue weighted by atomic mass is 10.1. The number of carboxylic acids is 1. The van der Waals surface area contributed by atoms with Gasteiger partial charge in [0.2, 0.25) is 11.8 Å². The van der Waals surface area contributed by atoms with E-state index in [1.165, 1.54) is 9.80 Å². The number of morpholine rings is 1. The zero-order valence-electron chi connectivity index (χ0n) is 13.2. The average molecular weight is 387 g/mol. The highest BCUT2D eigenvalue weighted by Gasteiger charge is 2.42. The van der Waals surface area contributed by atoms with E-state index in [1.807, 2.05) is 0 Å². The van der Waals surface area contributed by atoms with Crippen LogP contribution in [-0.2, 0) is 19.1 Å². The molecule has 2 aliphatic heterocycles. The molecule has 2 aliphatic rings. The van der Waals surface area contributed by atoms with Gasteiger partial charge in [0, 0.05) is 18.1 Å². The first-order valence-electron chi connectivity index (χ1n) is 7.78. The van der Waals surface area contributed by atoms with Crippen molar-refractivity contribution in [3.8, 4) is 0 Å². The molecule has 0 aromatic heterocycles. The Morgan fingerprint density at radius 2 is 2.00 bits per heavy atom. The van der Waals surface area contributed by atoms with Crippen LogP contribution in [0.2, 0.25) is 10.0 Å². The second-order valence-electron chi connectivity index (χ2n) is 5.91. The molecule has 25 heavy (non-hydrogen) atoms. The average Bonchev–Trinajstić information content (AvgIpc) is 2.98. The highest BCUT2D eigenvalue weighted by molar-refractivity contribution is 6.36. The van der Waals surface area contributed by atoms with Crippen LogP contribution in [0.3, 0.4) is 0 Å². The number of carbonyl (C=O) groups is 3. The number of benzene rings is 1. The van der Waals surface area contributed by atoms with E-state index in [4.69, 9.17) is 33.0 Å². The molecule has 7 nitrogen and oxygen atoms in total. The van der Waals surface area contributed by atoms with Gasteiger partial charge in [-0.05, 0) is 24.6 Å². The van der Waals surface area contributed by atoms with Gasteiger partial charge < -0.3 is 19.6 Å². The summed E-state index contributed by atoms with van der Waals surface area (Å²) in [5, 5.41) is 9.86. The Labute approximate surface area is 154 Å². The third-order valence-corrected chi connectivity index (χ3v) is 4.91. The first-order chi connectivity index (χ1) is 11.9. The maximum atomic E-state index is 12.7. The number of halogens is 2. The van der Waals surface area contributed by atoms with E-state index < -0.39 is 18.0 Å². The van der Waals surface area contributed by atoms with Crippen LogP contribution >= 0.6 is 23.2 Å². The van der Waals surface area contributed by atoms with E-state index in [1.54, 1.807) is 18.2 Å². The smallest absolute Gasteiger partial charge is 0.334 e. The van der Waals surface area contributed by atoms with E-state index in [2.05, 4.69) is 0 Å². The largest absolute Gasteiger partial charge is 0.479 e. The number of hydrogen-bond acceptors (Lipinski definition) is 4. The molecule has 2 atom stereocenters. The minimum Gasteiger partial charge on any atom is -0.479 e. The third-order valence-electron chi connectivity index (χ3n) is 4.36. The lowest BCUT2D eigenvalue weighted by molar-refractivity contribution is -0.160. The van der Waals surface area contributed by atoms with Gasteiger partial charge in [-0.3, -0.25) is 9.59 Å². The normalized spacial score (nSPS) is 23.8. The monoisotopic (exact) mass is 386 g/mol. The molecule has 134 valence electrons. The molecule has 2 saturated heterocycles. The molecule has 0 radical (unpaired) electrons. The SMILES string of the molecule is O=C(O)C1CN(C(=O)C2CCN(c3cc(Cl)ccc3Cl)C2=O)CCO1. The molecule has 1 aromatic rings. The highest BCUT2D eigenvalue weighted by atomic mass is 35.5. The van der Waals surface area contributed by atoms with Gasteiger partial charge in [-0.15, -0.1) is 0 Å². The summed E-state index contributed by atoms with van der Waals surface area (Å²) in [5.41, 5.74) is 0.472. The number of hydrogen-bond donors (Lipinski definition) is 1. The van der Waals surface area contributed by atoms with E-state index in [0.717, 1.165) is 0 Å². The Kier molecular flexibility index (Phi) is 5.17. The Balaban J connectivity index is 1.74. The van der Waals surface area contributed by atoms with Gasteiger partial charge in [-0.25, -0.2) is 4.79 Å². The second kappa shape index (κ2) is 7.19. The maximum absolute atomic E-state index is 12.7. The molecule has 1 N–H and O–H groups in total. The minimum absolute atomic E-state index is 0.0597. The van der Waals surface area contributed by atoms with Gasteiger partial charge in [-0.1, -0.05) is 23.2 Å². The Hall–Kier alpha value is -1.83. The van der Waals surface area contributed by atoms with Crippen LogP contribution in [0.1, 0.15) is 6.42 Å². The number of rotatable bonds is 3. The van der Waals surface area contributed by atoms with Crippen molar-refractivity contribution in [2.45, 2.75) is 12.5 Å². The van der Waals surface area contributed by atoms with Gasteiger partial charge >= 0.3 is 5.97 Å². The molecule has 0 aliphatic carbocycles. The molecule has 3 rings (SSSR count). The molecule has 2 heterocycles. The first-order valence-corrected chi connectivity index (χ1v) is 8.53. The number of anilines is 1. The summed E-state index contributed by atoms with van der Waals surface area (Å²) in [5.74, 6) is -2.70. The van der Waals surface area contributed by atoms with Gasteiger partial charge in [0.15, 0.2) is 6.10 Å². The molecule has 2 amide bonds. The summed E-state index contributed by atoms with van der Waals surface area (Å²) in [6.45, 7) is 0.690. The maximum Gasteiger partial charge on any atom is 0.334 e. The molecule has 2 unspecified atom stereocenters. The van der Waals surface area contributed by atoms with Gasteiger partial charge in [-0.2, -0.15) is 0 Å². The Morgan fingerprint density at radius 3 is 2.72 bits per heavy atom. The van der Waals surface area contributed by atoms with Crippen molar-refractivity contribution < 1.29 is 24.2 Å². The van der Waals surface area contributed by atoms with Crippen molar-refractivity contribution in [2.24, 2.45) is 5.92 Å². The fourth-order valence-electron chi connectivity index (χ4n) is 3.06. The van der Waals surface area contributed by atoms with Crippen molar-refractivity contribution in [2.75, 3.05) is 31.1 Å². The van der Waals surface area contributed by atoms with E-state index in [9.17, 15) is 14.4 Å². The van der Waals surface area contributed by atoms with Crippen LogP contribution in [0.25, 0.3) is 0 Å². The predicted molar refractivity (Wildman–Crippen MR) is 90.9 cm³/mol. The molecular formula is C16H16Cl2N2O5. The molecular weight excluding hydrogens is 371 g/mol. The molecule has 9 heteroatoms. The summed E-state index contributed by atoms with van der Waals surface area (Å²) >= 11 is 12.1. The van der Waals surface area contributed by atoms with Crippen LogP contribution in [-0.4, -0.2) is 60.1 Å². The first kappa shape index (κ1) is 18.0. The summed E-state index contributed by atoms with van der Waals surface area (Å²) in [6.07, 6.45) is -0.719. The van der Waals surface area contributed by atoms with Crippen LogP contribution in [0.15, 0.2) is 18.2 Å². The number of amides is 2. The van der Waals surface area contributed by atoms with Crippen molar-refractivity contribution in [1.29, 1.82) is 0 Å². The molecule has 0 spiro atoms. The zero-order chi connectivity index (χ0) is 18.1. The van der Waals surface area contributed by atoms with Gasteiger partial charge in [0.1, 0.15) is 5.92 Å². The molecule has 2 fully saturated rings. The fourth-order valence-corrected chi connectivity index (χ4v) is 3.45. The van der Waals surface area contributed by atoms with Gasteiger partial charge in [0.05, 0.1) is 23.9 Å². The Bertz CT molecular complexity index is 726. The number of nitrogens with zero attached hydrogens (tertiary/aromatic N) is 2. The lowest BCUT2D eigenvalue weighted by Crippen LogP contribution is -2.51. The fraction of sp³-hybridized carbons (Fsp3) is 0.438. The van der Waals surface area contributed by atoms with Crippen LogP contribution in [0.4, 0.5) is 5.69 Å². The van der Waals surface area contributed by atoms with Crippen molar-refractivity contribution in [3.05, 3.63) is 28.2 Å². The predicted octanol–water partition coefficient (Wildman–Crippen LogP) is 1.66. The van der Waals surface area contributed by atoms with E-state index in [-0.39, 0.29) is 31.5 Å². The summed E-state index contributed by atoms with van der Waals surface area (Å²) < 4.78 is 5.11. The standard InChI is InChI=1S/C16H16Cl2N2O5/c17-9-1-2-11(18)12(7-9)20-4-3-10(15(20)22)14(21)19-5-6-25-13(8-19)16(23)24/h1-2,7,10,13H,3-6,8H2,(H,23,24). The van der Waals surface area contributed by atoms with Crippen molar-refractivity contribution in [1.82, 2.24) is 4.90 Å². The van der Waals surface area contributed by atoms with E-state index in [0.29, 0.717) is 28.7 Å². The number of aliphatic carboxylic acids is 1.